The number of methoxy groups -OCH3 is 1. The molecule has 5 rings (SSSR count). The number of benzene rings is 1. The van der Waals surface area contributed by atoms with Crippen LogP contribution in [0.3, 0.4) is 0 Å². The second-order valence-electron chi connectivity index (χ2n) is 9.91. The SMILES string of the molecule is COc1c2c(cc3c1OCO3)CC1(C(=O)N(C)C(=O)N(C)C1=O)[C@H](C1(C)C(=O)N(C)C(=O)N(C)C1=O)C2. The molecule has 4 aliphatic rings. The van der Waals surface area contributed by atoms with Crippen LogP contribution in [0.5, 0.6) is 17.2 Å². The predicted octanol–water partition coefficient (Wildman–Crippen LogP) is 0.232. The largest absolute Gasteiger partial charge is 0.492 e. The van der Waals surface area contributed by atoms with Crippen molar-refractivity contribution in [2.75, 3.05) is 42.1 Å². The van der Waals surface area contributed by atoms with Crippen molar-refractivity contribution in [3.05, 3.63) is 17.2 Å². The van der Waals surface area contributed by atoms with Gasteiger partial charge in [-0.3, -0.25) is 38.8 Å². The maximum atomic E-state index is 14.0. The molecule has 1 aromatic carbocycles. The van der Waals surface area contributed by atoms with Crippen LogP contribution in [0.2, 0.25) is 0 Å². The van der Waals surface area contributed by atoms with Crippen LogP contribution in [0.1, 0.15) is 18.1 Å². The zero-order chi connectivity index (χ0) is 27.2. The molecule has 1 aromatic rings. The first-order valence-electron chi connectivity index (χ1n) is 11.5. The summed E-state index contributed by atoms with van der Waals surface area (Å²) in [7, 11) is 6.39. The van der Waals surface area contributed by atoms with Crippen LogP contribution in [0.4, 0.5) is 9.59 Å². The van der Waals surface area contributed by atoms with Gasteiger partial charge in [-0.15, -0.1) is 0 Å². The molecule has 0 unspecified atom stereocenters. The number of amides is 8. The Morgan fingerprint density at radius 3 is 1.86 bits per heavy atom. The van der Waals surface area contributed by atoms with Gasteiger partial charge in [0, 0.05) is 39.7 Å². The molecule has 37 heavy (non-hydrogen) atoms. The molecular formula is C24H26N4O9. The van der Waals surface area contributed by atoms with Gasteiger partial charge in [0.15, 0.2) is 11.5 Å². The van der Waals surface area contributed by atoms with Crippen LogP contribution in [-0.4, -0.2) is 97.4 Å². The summed E-state index contributed by atoms with van der Waals surface area (Å²) in [5, 5.41) is 0. The fourth-order valence-corrected chi connectivity index (χ4v) is 6.22. The highest BCUT2D eigenvalue weighted by Gasteiger charge is 2.70. The molecular weight excluding hydrogens is 488 g/mol. The van der Waals surface area contributed by atoms with Crippen molar-refractivity contribution in [1.82, 2.24) is 19.6 Å². The molecule has 13 heteroatoms. The second kappa shape index (κ2) is 7.67. The van der Waals surface area contributed by atoms with E-state index in [1.807, 2.05) is 0 Å². The summed E-state index contributed by atoms with van der Waals surface area (Å²) in [5.41, 5.74) is -2.96. The van der Waals surface area contributed by atoms with E-state index in [4.69, 9.17) is 14.2 Å². The Bertz CT molecular complexity index is 1270. The van der Waals surface area contributed by atoms with Crippen LogP contribution >= 0.6 is 0 Å². The number of hydrogen-bond acceptors (Lipinski definition) is 9. The van der Waals surface area contributed by atoms with E-state index in [0.29, 0.717) is 28.4 Å². The Hall–Kier alpha value is -4.16. The minimum atomic E-state index is -2.01. The molecule has 0 radical (unpaired) electrons. The number of fused-ring (bicyclic) bond motifs is 2. The molecule has 1 aliphatic carbocycles. The van der Waals surface area contributed by atoms with Crippen molar-refractivity contribution in [3.63, 3.8) is 0 Å². The highest BCUT2D eigenvalue weighted by atomic mass is 16.7. The third kappa shape index (κ3) is 2.79. The van der Waals surface area contributed by atoms with Crippen molar-refractivity contribution in [2.45, 2.75) is 19.8 Å². The van der Waals surface area contributed by atoms with E-state index in [1.54, 1.807) is 6.07 Å². The standard InChI is InChI=1S/C24H26N4O9/c1-23(17(29)25(2)21(33)26(3)18(23)30)14-8-12-11(7-13-16(15(12)35-6)37-10-36-13)9-24(14)19(31)27(4)22(34)28(5)20(24)32/h7,14H,8-10H2,1-6H3/t14-/m0/s1. The van der Waals surface area contributed by atoms with Gasteiger partial charge < -0.3 is 14.2 Å². The first-order chi connectivity index (χ1) is 17.3. The second-order valence-corrected chi connectivity index (χ2v) is 9.91. The van der Waals surface area contributed by atoms with Crippen LogP contribution in [0.25, 0.3) is 0 Å². The minimum Gasteiger partial charge on any atom is -0.492 e. The van der Waals surface area contributed by atoms with E-state index in [-0.39, 0.29) is 19.6 Å². The molecule has 3 aliphatic heterocycles. The lowest BCUT2D eigenvalue weighted by molar-refractivity contribution is -0.175. The summed E-state index contributed by atoms with van der Waals surface area (Å²) in [6.07, 6.45) is -0.372. The third-order valence-corrected chi connectivity index (χ3v) is 8.21. The molecule has 196 valence electrons. The van der Waals surface area contributed by atoms with Crippen LogP contribution in [0.15, 0.2) is 6.07 Å². The molecule has 8 amide bonds. The zero-order valence-corrected chi connectivity index (χ0v) is 21.2. The lowest BCUT2D eigenvalue weighted by Crippen LogP contribution is -2.73. The molecule has 0 N–H and O–H groups in total. The summed E-state index contributed by atoms with van der Waals surface area (Å²) >= 11 is 0. The number of hydrogen-bond donors (Lipinski definition) is 0. The lowest BCUT2D eigenvalue weighted by Gasteiger charge is -2.54. The van der Waals surface area contributed by atoms with Gasteiger partial charge in [0.1, 0.15) is 10.8 Å². The van der Waals surface area contributed by atoms with E-state index in [0.717, 1.165) is 19.6 Å². The molecule has 2 fully saturated rings. The molecule has 1 spiro atoms. The van der Waals surface area contributed by atoms with Gasteiger partial charge in [-0.2, -0.15) is 0 Å². The summed E-state index contributed by atoms with van der Waals surface area (Å²) in [6.45, 7) is 1.28. The van der Waals surface area contributed by atoms with Crippen LogP contribution in [0, 0.1) is 16.7 Å². The number of rotatable bonds is 2. The highest BCUT2D eigenvalue weighted by molar-refractivity contribution is 6.23. The van der Waals surface area contributed by atoms with Crippen molar-refractivity contribution in [1.29, 1.82) is 0 Å². The molecule has 3 heterocycles. The number of barbiturate groups is 2. The van der Waals surface area contributed by atoms with Gasteiger partial charge in [-0.1, -0.05) is 0 Å². The van der Waals surface area contributed by atoms with Crippen molar-refractivity contribution < 1.29 is 43.0 Å². The number of carbonyl (C=O) groups excluding carboxylic acids is 6. The maximum absolute atomic E-state index is 14.0. The summed E-state index contributed by atoms with van der Waals surface area (Å²) in [6, 6.07) is -0.0160. The Balaban J connectivity index is 1.81. The average Bonchev–Trinajstić information content (AvgIpc) is 3.37. The zero-order valence-electron chi connectivity index (χ0n) is 21.2. The fourth-order valence-electron chi connectivity index (χ4n) is 6.22. The number of nitrogens with zero attached hydrogens (tertiary/aromatic N) is 4. The normalized spacial score (nSPS) is 24.3. The van der Waals surface area contributed by atoms with Crippen LogP contribution in [-0.2, 0) is 32.0 Å². The lowest BCUT2D eigenvalue weighted by atomic mass is 9.52. The van der Waals surface area contributed by atoms with Crippen LogP contribution < -0.4 is 14.2 Å². The maximum Gasteiger partial charge on any atom is 0.332 e. The van der Waals surface area contributed by atoms with Crippen molar-refractivity contribution in [2.24, 2.45) is 16.7 Å². The molecule has 2 saturated heterocycles. The first kappa shape index (κ1) is 24.5. The van der Waals surface area contributed by atoms with E-state index >= 15 is 0 Å². The summed E-state index contributed by atoms with van der Waals surface area (Å²) in [5.74, 6) is -3.66. The summed E-state index contributed by atoms with van der Waals surface area (Å²) in [4.78, 5) is 83.8. The Labute approximate surface area is 211 Å². The highest BCUT2D eigenvalue weighted by Crippen LogP contribution is 2.57. The quantitative estimate of drug-likeness (QED) is 0.507. The van der Waals surface area contributed by atoms with E-state index in [9.17, 15) is 28.8 Å². The molecule has 13 nitrogen and oxygen atoms in total. The number of ether oxygens (including phenoxy) is 3. The topological polar surface area (TPSA) is 143 Å². The predicted molar refractivity (Wildman–Crippen MR) is 122 cm³/mol. The smallest absolute Gasteiger partial charge is 0.332 e. The van der Waals surface area contributed by atoms with Gasteiger partial charge >= 0.3 is 12.1 Å². The third-order valence-electron chi connectivity index (χ3n) is 8.21. The number of imide groups is 4. The number of carbonyl (C=O) groups is 6. The van der Waals surface area contributed by atoms with Gasteiger partial charge in [0.2, 0.25) is 36.2 Å². The molecule has 0 saturated carbocycles. The Morgan fingerprint density at radius 2 is 1.35 bits per heavy atom. The molecule has 0 aromatic heterocycles. The van der Waals surface area contributed by atoms with E-state index in [2.05, 4.69) is 0 Å². The average molecular weight is 514 g/mol. The fraction of sp³-hybridized carbons (Fsp3) is 0.500. The van der Waals surface area contributed by atoms with Crippen molar-refractivity contribution >= 4 is 35.7 Å². The van der Waals surface area contributed by atoms with Gasteiger partial charge in [-0.05, 0) is 31.4 Å². The Kier molecular flexibility index (Phi) is 5.08. The molecule has 1 atom stereocenters. The summed E-state index contributed by atoms with van der Waals surface area (Å²) < 4.78 is 16.7. The molecule has 0 bridgehead atoms. The van der Waals surface area contributed by atoms with E-state index < -0.39 is 52.4 Å². The van der Waals surface area contributed by atoms with E-state index in [1.165, 1.54) is 42.2 Å². The minimum absolute atomic E-state index is 0.0621. The van der Waals surface area contributed by atoms with Gasteiger partial charge in [0.05, 0.1) is 7.11 Å². The Morgan fingerprint density at radius 1 is 0.838 bits per heavy atom. The van der Waals surface area contributed by atoms with Crippen molar-refractivity contribution in [3.8, 4) is 17.2 Å². The number of urea groups is 2. The van der Waals surface area contributed by atoms with Gasteiger partial charge in [-0.25, -0.2) is 9.59 Å². The van der Waals surface area contributed by atoms with Gasteiger partial charge in [0.25, 0.3) is 0 Å². The first-order valence-corrected chi connectivity index (χ1v) is 11.5. The monoisotopic (exact) mass is 514 g/mol.